The van der Waals surface area contributed by atoms with Crippen molar-refractivity contribution in [2.45, 2.75) is 11.5 Å². The zero-order valence-corrected chi connectivity index (χ0v) is 16.3. The largest absolute Gasteiger partial charge is 0.445 e. The molecule has 0 bridgehead atoms. The summed E-state index contributed by atoms with van der Waals surface area (Å²) in [6.07, 6.45) is 1.36. The predicted octanol–water partition coefficient (Wildman–Crippen LogP) is 2.79. The van der Waals surface area contributed by atoms with Crippen LogP contribution in [0.25, 0.3) is 11.3 Å². The first-order valence-electron chi connectivity index (χ1n) is 8.40. The smallest absolute Gasteiger partial charge is 0.407 e. The van der Waals surface area contributed by atoms with Crippen LogP contribution in [-0.2, 0) is 21.4 Å². The van der Waals surface area contributed by atoms with Gasteiger partial charge in [0.1, 0.15) is 29.9 Å². The lowest BCUT2D eigenvalue weighted by Gasteiger charge is -2.11. The number of nitrogens with one attached hydrogen (secondary N) is 1. The van der Waals surface area contributed by atoms with Crippen molar-refractivity contribution < 1.29 is 26.7 Å². The van der Waals surface area contributed by atoms with Gasteiger partial charge in [0, 0.05) is 30.6 Å². The number of amides is 1. The number of halogens is 2. The maximum Gasteiger partial charge on any atom is 0.407 e. The van der Waals surface area contributed by atoms with Crippen LogP contribution in [0.2, 0.25) is 0 Å². The highest BCUT2D eigenvalue weighted by atomic mass is 32.2. The number of benzene rings is 1. The minimum atomic E-state index is -4.47. The highest BCUT2D eigenvalue weighted by molar-refractivity contribution is 7.90. The van der Waals surface area contributed by atoms with Gasteiger partial charge in [-0.15, -0.1) is 0 Å². The molecular weight excluding hydrogens is 418 g/mol. The molecule has 0 aliphatic carbocycles. The monoisotopic (exact) mass is 432 g/mol. The summed E-state index contributed by atoms with van der Waals surface area (Å²) in [4.78, 5) is 14.7. The molecule has 0 saturated carbocycles. The number of nitrogens with zero attached hydrogens (tertiary/aromatic N) is 3. The maximum absolute atomic E-state index is 15.3. The fourth-order valence-corrected chi connectivity index (χ4v) is 4.10. The van der Waals surface area contributed by atoms with E-state index >= 15 is 4.39 Å². The zero-order valence-electron chi connectivity index (χ0n) is 15.5. The Morgan fingerprint density at radius 1 is 1.30 bits per heavy atom. The van der Waals surface area contributed by atoms with E-state index in [2.05, 4.69) is 10.3 Å². The van der Waals surface area contributed by atoms with Crippen LogP contribution in [0.5, 0.6) is 0 Å². The summed E-state index contributed by atoms with van der Waals surface area (Å²) in [6, 6.07) is 8.70. The van der Waals surface area contributed by atoms with Gasteiger partial charge in [0.05, 0.1) is 4.90 Å². The Labute approximate surface area is 170 Å². The molecule has 0 unspecified atom stereocenters. The fraction of sp³-hybridized carbons (Fsp3) is 0.105. The Bertz CT molecular complexity index is 1270. The SMILES string of the molecule is CNC(=O)OCc1cn(S(=O)(=O)c2cccc(F)c2)c(-c2cccnc2C#N)c1F. The van der Waals surface area contributed by atoms with Crippen molar-refractivity contribution in [2.75, 3.05) is 7.05 Å². The van der Waals surface area contributed by atoms with E-state index in [-0.39, 0.29) is 16.8 Å². The van der Waals surface area contributed by atoms with Gasteiger partial charge in [-0.3, -0.25) is 0 Å². The Balaban J connectivity index is 2.26. The molecule has 154 valence electrons. The van der Waals surface area contributed by atoms with Crippen LogP contribution in [0.4, 0.5) is 13.6 Å². The maximum atomic E-state index is 15.3. The van der Waals surface area contributed by atoms with E-state index in [1.165, 1.54) is 31.4 Å². The molecule has 0 fully saturated rings. The summed E-state index contributed by atoms with van der Waals surface area (Å²) in [5.74, 6) is -1.82. The van der Waals surface area contributed by atoms with Gasteiger partial charge in [-0.25, -0.2) is 30.9 Å². The molecule has 0 aliphatic rings. The molecule has 1 aromatic carbocycles. The van der Waals surface area contributed by atoms with Crippen molar-refractivity contribution >= 4 is 16.1 Å². The number of ether oxygens (including phenoxy) is 1. The molecule has 0 radical (unpaired) electrons. The van der Waals surface area contributed by atoms with Crippen molar-refractivity contribution in [3.8, 4) is 17.3 Å². The molecule has 8 nitrogen and oxygen atoms in total. The van der Waals surface area contributed by atoms with Gasteiger partial charge >= 0.3 is 6.09 Å². The molecule has 11 heteroatoms. The first kappa shape index (κ1) is 20.9. The molecule has 30 heavy (non-hydrogen) atoms. The highest BCUT2D eigenvalue weighted by Crippen LogP contribution is 2.32. The van der Waals surface area contributed by atoms with Gasteiger partial charge in [0.25, 0.3) is 10.0 Å². The van der Waals surface area contributed by atoms with E-state index in [9.17, 15) is 22.9 Å². The molecule has 0 saturated heterocycles. The van der Waals surface area contributed by atoms with Crippen LogP contribution in [0.1, 0.15) is 11.3 Å². The summed E-state index contributed by atoms with van der Waals surface area (Å²) in [5, 5.41) is 11.5. The van der Waals surface area contributed by atoms with Crippen molar-refractivity contribution in [3.05, 3.63) is 71.7 Å². The van der Waals surface area contributed by atoms with Gasteiger partial charge in [0.2, 0.25) is 0 Å². The zero-order chi connectivity index (χ0) is 21.9. The summed E-state index contributed by atoms with van der Waals surface area (Å²) in [7, 11) is -3.16. The van der Waals surface area contributed by atoms with Gasteiger partial charge in [-0.2, -0.15) is 5.26 Å². The van der Waals surface area contributed by atoms with E-state index in [1.807, 2.05) is 0 Å². The Morgan fingerprint density at radius 3 is 2.73 bits per heavy atom. The first-order valence-corrected chi connectivity index (χ1v) is 9.84. The quantitative estimate of drug-likeness (QED) is 0.663. The van der Waals surface area contributed by atoms with E-state index in [0.29, 0.717) is 3.97 Å². The fourth-order valence-electron chi connectivity index (χ4n) is 2.68. The van der Waals surface area contributed by atoms with Crippen LogP contribution in [-0.4, -0.2) is 30.5 Å². The van der Waals surface area contributed by atoms with E-state index in [0.717, 1.165) is 24.4 Å². The highest BCUT2D eigenvalue weighted by Gasteiger charge is 2.29. The van der Waals surface area contributed by atoms with Crippen LogP contribution in [0.3, 0.4) is 0 Å². The lowest BCUT2D eigenvalue weighted by Crippen LogP contribution is -2.19. The van der Waals surface area contributed by atoms with E-state index < -0.39 is 44.9 Å². The number of alkyl carbamates (subject to hydrolysis) is 1. The summed E-state index contributed by atoms with van der Waals surface area (Å²) < 4.78 is 60.6. The lowest BCUT2D eigenvalue weighted by atomic mass is 10.1. The third-order valence-electron chi connectivity index (χ3n) is 4.07. The van der Waals surface area contributed by atoms with E-state index in [1.54, 1.807) is 6.07 Å². The van der Waals surface area contributed by atoms with Gasteiger partial charge in [0.15, 0.2) is 5.82 Å². The number of carbonyl (C=O) groups is 1. The number of hydrogen-bond donors (Lipinski definition) is 1. The summed E-state index contributed by atoms with van der Waals surface area (Å²) in [6.45, 7) is -0.577. The predicted molar refractivity (Wildman–Crippen MR) is 101 cm³/mol. The lowest BCUT2D eigenvalue weighted by molar-refractivity contribution is 0.141. The average molecular weight is 432 g/mol. The van der Waals surface area contributed by atoms with Gasteiger partial charge in [-0.1, -0.05) is 6.07 Å². The van der Waals surface area contributed by atoms with Gasteiger partial charge in [-0.05, 0) is 30.3 Å². The van der Waals surface area contributed by atoms with Crippen molar-refractivity contribution in [2.24, 2.45) is 0 Å². The summed E-state index contributed by atoms with van der Waals surface area (Å²) >= 11 is 0. The average Bonchev–Trinajstić information content (AvgIpc) is 3.08. The number of pyridine rings is 1. The van der Waals surface area contributed by atoms with Crippen molar-refractivity contribution in [1.29, 1.82) is 5.26 Å². The number of rotatable bonds is 5. The molecule has 2 heterocycles. The first-order chi connectivity index (χ1) is 14.3. The second kappa shape index (κ2) is 8.30. The minimum Gasteiger partial charge on any atom is -0.445 e. The Kier molecular flexibility index (Phi) is 5.79. The van der Waals surface area contributed by atoms with Crippen molar-refractivity contribution in [3.63, 3.8) is 0 Å². The molecular formula is C19H14F2N4O4S. The molecule has 2 aromatic heterocycles. The molecule has 1 amide bonds. The van der Waals surface area contributed by atoms with Crippen molar-refractivity contribution in [1.82, 2.24) is 14.3 Å². The third kappa shape index (κ3) is 3.85. The number of hydrogen-bond acceptors (Lipinski definition) is 6. The summed E-state index contributed by atoms with van der Waals surface area (Å²) in [5.41, 5.74) is -1.06. The van der Waals surface area contributed by atoms with Gasteiger partial charge < -0.3 is 10.1 Å². The van der Waals surface area contributed by atoms with Crippen LogP contribution in [0, 0.1) is 23.0 Å². The molecule has 3 aromatic rings. The molecule has 0 atom stereocenters. The number of carbonyl (C=O) groups excluding carboxylic acids is 1. The Morgan fingerprint density at radius 2 is 2.07 bits per heavy atom. The second-order valence-electron chi connectivity index (χ2n) is 5.91. The topological polar surface area (TPSA) is 114 Å². The van der Waals surface area contributed by atoms with Crippen LogP contribution in [0.15, 0.2) is 53.7 Å². The second-order valence-corrected chi connectivity index (χ2v) is 7.73. The minimum absolute atomic E-state index is 0.0938. The Hall–Kier alpha value is -3.78. The normalized spacial score (nSPS) is 11.0. The van der Waals surface area contributed by atoms with Crippen LogP contribution < -0.4 is 5.32 Å². The number of aromatic nitrogens is 2. The molecule has 0 spiro atoms. The molecule has 1 N–H and O–H groups in total. The molecule has 3 rings (SSSR count). The molecule has 0 aliphatic heterocycles. The number of nitriles is 1. The van der Waals surface area contributed by atoms with E-state index in [4.69, 9.17) is 4.74 Å². The third-order valence-corrected chi connectivity index (χ3v) is 5.72. The van der Waals surface area contributed by atoms with Crippen LogP contribution >= 0.6 is 0 Å². The standard InChI is InChI=1S/C19H14F2N4O4S/c1-23-19(26)29-11-12-10-25(30(27,28)14-5-2-4-13(20)8-14)18(17(12)21)15-6-3-7-24-16(15)9-22/h2-8,10H,11H2,1H3,(H,23,26).